The van der Waals surface area contributed by atoms with Gasteiger partial charge in [0.25, 0.3) is 0 Å². The monoisotopic (exact) mass is 242 g/mol. The van der Waals surface area contributed by atoms with E-state index in [2.05, 4.69) is 28.9 Å². The molecule has 2 rings (SSSR count). The van der Waals surface area contributed by atoms with Crippen LogP contribution in [0.3, 0.4) is 0 Å². The van der Waals surface area contributed by atoms with Crippen molar-refractivity contribution in [1.82, 2.24) is 10.2 Å². The van der Waals surface area contributed by atoms with Gasteiger partial charge >= 0.3 is 0 Å². The Balaban J connectivity index is 1.63. The van der Waals surface area contributed by atoms with E-state index in [1.165, 1.54) is 63.4 Å². The lowest BCUT2D eigenvalue weighted by Crippen LogP contribution is -2.40. The van der Waals surface area contributed by atoms with Crippen molar-refractivity contribution in [3.05, 3.63) is 0 Å². The fourth-order valence-electron chi connectivity index (χ4n) is 2.42. The Hall–Kier alpha value is 0.270. The first kappa shape index (κ1) is 12.7. The highest BCUT2D eigenvalue weighted by molar-refractivity contribution is 7.99. The van der Waals surface area contributed by atoms with Crippen molar-refractivity contribution in [2.75, 3.05) is 37.7 Å². The minimum atomic E-state index is 0.775. The third-order valence-electron chi connectivity index (χ3n) is 3.55. The molecule has 0 aromatic rings. The Kier molecular flexibility index (Phi) is 5.46. The van der Waals surface area contributed by atoms with Crippen molar-refractivity contribution in [2.24, 2.45) is 5.92 Å². The van der Waals surface area contributed by atoms with Gasteiger partial charge in [-0.25, -0.2) is 0 Å². The van der Waals surface area contributed by atoms with Crippen LogP contribution in [0.4, 0.5) is 0 Å². The highest BCUT2D eigenvalue weighted by Gasteiger charge is 2.24. The van der Waals surface area contributed by atoms with Crippen molar-refractivity contribution in [2.45, 2.75) is 38.6 Å². The second kappa shape index (κ2) is 6.87. The molecule has 2 aliphatic rings. The Morgan fingerprint density at radius 1 is 1.31 bits per heavy atom. The summed E-state index contributed by atoms with van der Waals surface area (Å²) in [5, 5.41) is 3.64. The molecule has 0 aromatic carbocycles. The van der Waals surface area contributed by atoms with Crippen LogP contribution in [-0.2, 0) is 0 Å². The second-order valence-electron chi connectivity index (χ2n) is 5.26. The maximum absolute atomic E-state index is 3.64. The average Bonchev–Trinajstić information content (AvgIpc) is 3.12. The number of nitrogens with one attached hydrogen (secondary N) is 1. The summed E-state index contributed by atoms with van der Waals surface area (Å²) in [5.41, 5.74) is 0. The molecule has 2 fully saturated rings. The normalized spacial score (nSPS) is 26.2. The Labute approximate surface area is 105 Å². The molecule has 2 nitrogen and oxygen atoms in total. The SMILES string of the molecule is CCCN(CCC1CSCCN1)CC1CC1. The van der Waals surface area contributed by atoms with Crippen molar-refractivity contribution >= 4 is 11.8 Å². The Bertz CT molecular complexity index is 188. The summed E-state index contributed by atoms with van der Waals surface area (Å²) >= 11 is 2.11. The van der Waals surface area contributed by atoms with Gasteiger partial charge in [0.1, 0.15) is 0 Å². The zero-order valence-electron chi connectivity index (χ0n) is 10.6. The van der Waals surface area contributed by atoms with Crippen molar-refractivity contribution < 1.29 is 0 Å². The molecule has 16 heavy (non-hydrogen) atoms. The zero-order valence-corrected chi connectivity index (χ0v) is 11.4. The quantitative estimate of drug-likeness (QED) is 0.737. The molecule has 0 aromatic heterocycles. The largest absolute Gasteiger partial charge is 0.312 e. The van der Waals surface area contributed by atoms with Crippen LogP contribution in [0.15, 0.2) is 0 Å². The summed E-state index contributed by atoms with van der Waals surface area (Å²) < 4.78 is 0. The topological polar surface area (TPSA) is 15.3 Å². The minimum Gasteiger partial charge on any atom is -0.312 e. The number of hydrogen-bond acceptors (Lipinski definition) is 3. The maximum Gasteiger partial charge on any atom is 0.0170 e. The van der Waals surface area contributed by atoms with Crippen LogP contribution in [0, 0.1) is 5.92 Å². The summed E-state index contributed by atoms with van der Waals surface area (Å²) in [5.74, 6) is 3.67. The molecular weight excluding hydrogens is 216 g/mol. The first-order valence-electron chi connectivity index (χ1n) is 6.92. The molecule has 1 N–H and O–H groups in total. The molecule has 1 saturated heterocycles. The van der Waals surface area contributed by atoms with Crippen molar-refractivity contribution in [3.8, 4) is 0 Å². The Morgan fingerprint density at radius 2 is 2.19 bits per heavy atom. The Morgan fingerprint density at radius 3 is 2.81 bits per heavy atom. The van der Waals surface area contributed by atoms with E-state index in [0.717, 1.165) is 12.0 Å². The van der Waals surface area contributed by atoms with Gasteiger partial charge in [0.15, 0.2) is 0 Å². The van der Waals surface area contributed by atoms with Gasteiger partial charge < -0.3 is 10.2 Å². The van der Waals surface area contributed by atoms with E-state index in [9.17, 15) is 0 Å². The van der Waals surface area contributed by atoms with E-state index in [4.69, 9.17) is 0 Å². The third-order valence-corrected chi connectivity index (χ3v) is 4.68. The van der Waals surface area contributed by atoms with Gasteiger partial charge in [0.2, 0.25) is 0 Å². The lowest BCUT2D eigenvalue weighted by atomic mass is 10.2. The highest BCUT2D eigenvalue weighted by atomic mass is 32.2. The minimum absolute atomic E-state index is 0.775. The molecule has 0 amide bonds. The summed E-state index contributed by atoms with van der Waals surface area (Å²) in [6.07, 6.45) is 5.62. The standard InChI is InChI=1S/C13H26N2S/c1-2-7-15(10-12-3-4-12)8-5-13-11-16-9-6-14-13/h12-14H,2-11H2,1H3. The summed E-state index contributed by atoms with van der Waals surface area (Å²) in [6, 6.07) is 0.775. The molecule has 0 bridgehead atoms. The lowest BCUT2D eigenvalue weighted by Gasteiger charge is -2.27. The number of hydrogen-bond donors (Lipinski definition) is 1. The van der Waals surface area contributed by atoms with Gasteiger partial charge in [-0.05, 0) is 44.7 Å². The van der Waals surface area contributed by atoms with E-state index in [-0.39, 0.29) is 0 Å². The molecule has 0 spiro atoms. The molecular formula is C13H26N2S. The van der Waals surface area contributed by atoms with Crippen LogP contribution in [0.25, 0.3) is 0 Å². The van der Waals surface area contributed by atoms with Crippen molar-refractivity contribution in [3.63, 3.8) is 0 Å². The lowest BCUT2D eigenvalue weighted by molar-refractivity contribution is 0.250. The number of nitrogens with zero attached hydrogens (tertiary/aromatic N) is 1. The molecule has 1 atom stereocenters. The fourth-order valence-corrected chi connectivity index (χ4v) is 3.42. The molecule has 1 heterocycles. The number of rotatable bonds is 7. The predicted molar refractivity (Wildman–Crippen MR) is 73.2 cm³/mol. The molecule has 0 radical (unpaired) electrons. The highest BCUT2D eigenvalue weighted by Crippen LogP contribution is 2.29. The first-order chi connectivity index (χ1) is 7.88. The zero-order chi connectivity index (χ0) is 11.2. The van der Waals surface area contributed by atoms with Gasteiger partial charge in [-0.15, -0.1) is 0 Å². The smallest absolute Gasteiger partial charge is 0.0170 e. The van der Waals surface area contributed by atoms with E-state index < -0.39 is 0 Å². The molecule has 1 saturated carbocycles. The number of thioether (sulfide) groups is 1. The van der Waals surface area contributed by atoms with E-state index in [0.29, 0.717) is 0 Å². The maximum atomic E-state index is 3.64. The van der Waals surface area contributed by atoms with Crippen LogP contribution in [0.5, 0.6) is 0 Å². The first-order valence-corrected chi connectivity index (χ1v) is 8.07. The summed E-state index contributed by atoms with van der Waals surface area (Å²) in [6.45, 7) is 7.49. The van der Waals surface area contributed by atoms with Gasteiger partial charge in [-0.1, -0.05) is 6.92 Å². The van der Waals surface area contributed by atoms with Gasteiger partial charge in [0.05, 0.1) is 0 Å². The summed E-state index contributed by atoms with van der Waals surface area (Å²) in [4.78, 5) is 2.69. The van der Waals surface area contributed by atoms with Gasteiger partial charge in [-0.2, -0.15) is 11.8 Å². The van der Waals surface area contributed by atoms with Crippen LogP contribution in [-0.4, -0.2) is 48.6 Å². The van der Waals surface area contributed by atoms with Crippen LogP contribution in [0.2, 0.25) is 0 Å². The van der Waals surface area contributed by atoms with Crippen molar-refractivity contribution in [1.29, 1.82) is 0 Å². The van der Waals surface area contributed by atoms with Crippen LogP contribution < -0.4 is 5.32 Å². The van der Waals surface area contributed by atoms with E-state index >= 15 is 0 Å². The molecule has 1 aliphatic carbocycles. The summed E-state index contributed by atoms with van der Waals surface area (Å²) in [7, 11) is 0. The molecule has 1 unspecified atom stereocenters. The van der Waals surface area contributed by atoms with Crippen LogP contribution in [0.1, 0.15) is 32.6 Å². The van der Waals surface area contributed by atoms with E-state index in [1.807, 2.05) is 0 Å². The molecule has 3 heteroatoms. The predicted octanol–water partition coefficient (Wildman–Crippen LogP) is 2.20. The molecule has 1 aliphatic heterocycles. The second-order valence-corrected chi connectivity index (χ2v) is 6.41. The van der Waals surface area contributed by atoms with Crippen LogP contribution >= 0.6 is 11.8 Å². The molecule has 94 valence electrons. The third kappa shape index (κ3) is 4.64. The van der Waals surface area contributed by atoms with Gasteiger partial charge in [0, 0.05) is 30.6 Å². The fraction of sp³-hybridized carbons (Fsp3) is 1.00. The average molecular weight is 242 g/mol. The van der Waals surface area contributed by atoms with Gasteiger partial charge in [-0.3, -0.25) is 0 Å². The van der Waals surface area contributed by atoms with E-state index in [1.54, 1.807) is 0 Å².